The van der Waals surface area contributed by atoms with Crippen LogP contribution in [0.4, 0.5) is 17.1 Å². The quantitative estimate of drug-likeness (QED) is 0.167. The standard InChI is InChI=1S/C54H33NOS2/c1-2-10-39(11-3-1)55(40-26-22-35(23-27-40)38-25-29-45-44-13-5-8-16-50(44)57-52(45)33-38)47-31-30-41(54-53(47)46-14-6-9-17-51(46)58-54)36-20-18-34(19-21-36)37-24-28-43-42-12-4-7-15-48(42)56-49(43)32-37/h1-33H. The number of hydrogen-bond acceptors (Lipinski definition) is 4. The van der Waals surface area contributed by atoms with Gasteiger partial charge in [0, 0.05) is 62.5 Å². The fourth-order valence-electron chi connectivity index (χ4n) is 8.68. The highest BCUT2D eigenvalue weighted by Gasteiger charge is 2.21. The maximum absolute atomic E-state index is 6.23. The highest BCUT2D eigenvalue weighted by molar-refractivity contribution is 7.26. The summed E-state index contributed by atoms with van der Waals surface area (Å²) in [5, 5.41) is 7.48. The molecule has 0 spiro atoms. The van der Waals surface area contributed by atoms with Gasteiger partial charge in [0.25, 0.3) is 0 Å². The van der Waals surface area contributed by atoms with E-state index in [1.807, 2.05) is 34.8 Å². The maximum atomic E-state index is 6.23. The number of para-hydroxylation sites is 2. The Balaban J connectivity index is 0.952. The van der Waals surface area contributed by atoms with Crippen LogP contribution in [0.25, 0.3) is 95.7 Å². The largest absolute Gasteiger partial charge is 0.456 e. The Bertz CT molecular complexity index is 3500. The lowest BCUT2D eigenvalue weighted by atomic mass is 9.97. The Morgan fingerprint density at radius 3 is 1.69 bits per heavy atom. The summed E-state index contributed by atoms with van der Waals surface area (Å²) < 4.78 is 11.4. The van der Waals surface area contributed by atoms with Gasteiger partial charge in [-0.25, -0.2) is 0 Å². The van der Waals surface area contributed by atoms with E-state index >= 15 is 0 Å². The van der Waals surface area contributed by atoms with Crippen molar-refractivity contribution in [3.05, 3.63) is 200 Å². The first-order chi connectivity index (χ1) is 28.7. The van der Waals surface area contributed by atoms with Crippen LogP contribution in [0, 0.1) is 0 Å². The number of fused-ring (bicyclic) bond motifs is 9. The molecule has 0 aliphatic carbocycles. The molecular formula is C54H33NOS2. The molecular weight excluding hydrogens is 743 g/mol. The molecule has 58 heavy (non-hydrogen) atoms. The molecule has 3 aromatic heterocycles. The van der Waals surface area contributed by atoms with Crippen LogP contribution in [0.5, 0.6) is 0 Å². The summed E-state index contributed by atoms with van der Waals surface area (Å²) in [5.74, 6) is 0. The normalized spacial score (nSPS) is 11.8. The molecule has 2 nitrogen and oxygen atoms in total. The number of hydrogen-bond donors (Lipinski definition) is 0. The molecule has 9 aromatic carbocycles. The average Bonchev–Trinajstić information content (AvgIpc) is 3.98. The molecule has 0 saturated carbocycles. The summed E-state index contributed by atoms with van der Waals surface area (Å²) in [7, 11) is 0. The third-order valence-corrected chi connectivity index (χ3v) is 13.8. The van der Waals surface area contributed by atoms with Gasteiger partial charge in [-0.05, 0) is 100 Å². The van der Waals surface area contributed by atoms with Gasteiger partial charge in [-0.2, -0.15) is 0 Å². The van der Waals surface area contributed by atoms with Gasteiger partial charge < -0.3 is 9.32 Å². The fourth-order valence-corrected chi connectivity index (χ4v) is 11.1. The van der Waals surface area contributed by atoms with E-state index in [9.17, 15) is 0 Å². The summed E-state index contributed by atoms with van der Waals surface area (Å²) in [6.45, 7) is 0. The van der Waals surface area contributed by atoms with Crippen LogP contribution in [0.3, 0.4) is 0 Å². The van der Waals surface area contributed by atoms with E-state index < -0.39 is 0 Å². The Hall–Kier alpha value is -6.98. The van der Waals surface area contributed by atoms with Gasteiger partial charge in [0.2, 0.25) is 0 Å². The lowest BCUT2D eigenvalue weighted by Crippen LogP contribution is -2.10. The number of rotatable bonds is 6. The molecule has 0 bridgehead atoms. The molecule has 0 unspecified atom stereocenters. The first kappa shape index (κ1) is 33.2. The predicted molar refractivity (Wildman–Crippen MR) is 250 cm³/mol. The van der Waals surface area contributed by atoms with E-state index in [0.717, 1.165) is 50.1 Å². The predicted octanol–water partition coefficient (Wildman–Crippen LogP) is 16.8. The van der Waals surface area contributed by atoms with Crippen LogP contribution in [0.2, 0.25) is 0 Å². The average molecular weight is 776 g/mol. The van der Waals surface area contributed by atoms with Crippen LogP contribution < -0.4 is 4.90 Å². The van der Waals surface area contributed by atoms with Gasteiger partial charge in [-0.3, -0.25) is 0 Å². The highest BCUT2D eigenvalue weighted by Crippen LogP contribution is 2.49. The van der Waals surface area contributed by atoms with Crippen molar-refractivity contribution in [3.8, 4) is 33.4 Å². The molecule has 0 saturated heterocycles. The van der Waals surface area contributed by atoms with E-state index in [4.69, 9.17) is 4.42 Å². The molecule has 12 rings (SSSR count). The monoisotopic (exact) mass is 775 g/mol. The molecule has 3 heterocycles. The van der Waals surface area contributed by atoms with Crippen molar-refractivity contribution < 1.29 is 4.42 Å². The van der Waals surface area contributed by atoms with Crippen molar-refractivity contribution in [1.29, 1.82) is 0 Å². The van der Waals surface area contributed by atoms with Crippen molar-refractivity contribution in [3.63, 3.8) is 0 Å². The molecule has 0 amide bonds. The summed E-state index contributed by atoms with van der Waals surface area (Å²) in [6, 6.07) is 72.7. The third-order valence-electron chi connectivity index (χ3n) is 11.5. The van der Waals surface area contributed by atoms with Crippen molar-refractivity contribution in [2.24, 2.45) is 0 Å². The van der Waals surface area contributed by atoms with E-state index in [1.54, 1.807) is 0 Å². The van der Waals surface area contributed by atoms with Gasteiger partial charge in [0.05, 0.1) is 5.69 Å². The van der Waals surface area contributed by atoms with Crippen molar-refractivity contribution in [1.82, 2.24) is 0 Å². The van der Waals surface area contributed by atoms with Gasteiger partial charge in [0.1, 0.15) is 11.2 Å². The second-order valence-electron chi connectivity index (χ2n) is 14.8. The SMILES string of the molecule is c1ccc(N(c2ccc(-c3ccc4c(c3)sc3ccccc34)cc2)c2ccc(-c3ccc(-c4ccc5c(c4)oc4ccccc45)cc3)c3sc4ccccc4c23)cc1. The molecule has 0 N–H and O–H groups in total. The number of anilines is 3. The summed E-state index contributed by atoms with van der Waals surface area (Å²) in [4.78, 5) is 2.42. The van der Waals surface area contributed by atoms with E-state index in [0.29, 0.717) is 0 Å². The van der Waals surface area contributed by atoms with Crippen LogP contribution in [0.1, 0.15) is 0 Å². The van der Waals surface area contributed by atoms with Crippen molar-refractivity contribution >= 4 is 102 Å². The summed E-state index contributed by atoms with van der Waals surface area (Å²) >= 11 is 3.74. The molecule has 0 radical (unpaired) electrons. The first-order valence-electron chi connectivity index (χ1n) is 19.6. The van der Waals surface area contributed by atoms with E-state index in [-0.39, 0.29) is 0 Å². The second-order valence-corrected chi connectivity index (χ2v) is 17.0. The van der Waals surface area contributed by atoms with Gasteiger partial charge in [-0.1, -0.05) is 133 Å². The van der Waals surface area contributed by atoms with E-state index in [1.165, 1.54) is 62.6 Å². The zero-order chi connectivity index (χ0) is 38.2. The van der Waals surface area contributed by atoms with Crippen LogP contribution in [-0.4, -0.2) is 0 Å². The number of benzene rings is 9. The minimum absolute atomic E-state index is 0.914. The summed E-state index contributed by atoms with van der Waals surface area (Å²) in [5.41, 5.74) is 12.4. The van der Waals surface area contributed by atoms with Gasteiger partial charge in [-0.15, -0.1) is 22.7 Å². The maximum Gasteiger partial charge on any atom is 0.136 e. The summed E-state index contributed by atoms with van der Waals surface area (Å²) in [6.07, 6.45) is 0. The third kappa shape index (κ3) is 5.37. The zero-order valence-electron chi connectivity index (χ0n) is 31.2. The van der Waals surface area contributed by atoms with Crippen molar-refractivity contribution in [2.45, 2.75) is 0 Å². The minimum Gasteiger partial charge on any atom is -0.456 e. The lowest BCUT2D eigenvalue weighted by molar-refractivity contribution is 0.669. The van der Waals surface area contributed by atoms with Crippen molar-refractivity contribution in [2.75, 3.05) is 4.90 Å². The van der Waals surface area contributed by atoms with Crippen LogP contribution in [0.15, 0.2) is 205 Å². The number of thiophene rings is 2. The first-order valence-corrected chi connectivity index (χ1v) is 21.2. The Kier molecular flexibility index (Phi) is 7.62. The Labute approximate surface area is 343 Å². The molecule has 4 heteroatoms. The molecule has 0 aliphatic rings. The number of nitrogens with zero attached hydrogens (tertiary/aromatic N) is 1. The fraction of sp³-hybridized carbons (Fsp3) is 0. The minimum atomic E-state index is 0.914. The number of furan rings is 1. The van der Waals surface area contributed by atoms with Crippen LogP contribution >= 0.6 is 22.7 Å². The highest BCUT2D eigenvalue weighted by atomic mass is 32.1. The molecule has 12 aromatic rings. The molecule has 0 fully saturated rings. The Morgan fingerprint density at radius 2 is 0.897 bits per heavy atom. The zero-order valence-corrected chi connectivity index (χ0v) is 32.9. The second kappa shape index (κ2) is 13.3. The molecule has 272 valence electrons. The van der Waals surface area contributed by atoms with E-state index in [2.05, 4.69) is 193 Å². The molecule has 0 atom stereocenters. The van der Waals surface area contributed by atoms with Gasteiger partial charge >= 0.3 is 0 Å². The van der Waals surface area contributed by atoms with Crippen LogP contribution in [-0.2, 0) is 0 Å². The van der Waals surface area contributed by atoms with Gasteiger partial charge in [0.15, 0.2) is 0 Å². The molecule has 0 aliphatic heterocycles. The Morgan fingerprint density at radius 1 is 0.345 bits per heavy atom. The lowest BCUT2D eigenvalue weighted by Gasteiger charge is -2.27. The smallest absolute Gasteiger partial charge is 0.136 e. The topological polar surface area (TPSA) is 16.4 Å².